The van der Waals surface area contributed by atoms with Crippen molar-refractivity contribution in [1.29, 1.82) is 0 Å². The first-order valence-electron chi connectivity index (χ1n) is 7.31. The van der Waals surface area contributed by atoms with Crippen LogP contribution in [0.3, 0.4) is 0 Å². The average Bonchev–Trinajstić information content (AvgIpc) is 3.24. The van der Waals surface area contributed by atoms with E-state index in [0.717, 1.165) is 11.5 Å². The van der Waals surface area contributed by atoms with E-state index in [2.05, 4.69) is 39.8 Å². The lowest BCUT2D eigenvalue weighted by Gasteiger charge is -2.21. The summed E-state index contributed by atoms with van der Waals surface area (Å²) in [6.07, 6.45) is 3.76. The van der Waals surface area contributed by atoms with Gasteiger partial charge in [0.25, 0.3) is 0 Å². The molecule has 22 heavy (non-hydrogen) atoms. The van der Waals surface area contributed by atoms with Crippen LogP contribution in [-0.4, -0.2) is 36.0 Å². The molecule has 0 radical (unpaired) electrons. The highest BCUT2D eigenvalue weighted by Crippen LogP contribution is 2.11. The summed E-state index contributed by atoms with van der Waals surface area (Å²) < 4.78 is 3.69. The summed E-state index contributed by atoms with van der Waals surface area (Å²) in [6, 6.07) is 12.3. The second kappa shape index (κ2) is 6.48. The largest absolute Gasteiger partial charge is 0.305 e. The monoisotopic (exact) mass is 297 g/mol. The molecule has 3 aromatic rings. The molecule has 0 unspecified atom stereocenters. The Morgan fingerprint density at radius 3 is 2.68 bits per heavy atom. The van der Waals surface area contributed by atoms with Crippen molar-refractivity contribution in [2.24, 2.45) is 0 Å². The normalized spacial score (nSPS) is 13.9. The predicted molar refractivity (Wildman–Crippen MR) is 82.4 cm³/mol. The minimum Gasteiger partial charge on any atom is -0.305 e. The number of benzene rings is 1. The molecule has 0 saturated heterocycles. The van der Waals surface area contributed by atoms with Gasteiger partial charge in [-0.15, -0.1) is 5.10 Å². The van der Waals surface area contributed by atoms with Crippen LogP contribution in [0, 0.1) is 0 Å². The molecule has 0 spiro atoms. The molecule has 0 aliphatic heterocycles. The number of nitrogens with one attached hydrogen (secondary N) is 1. The molecule has 2 atom stereocenters. The predicted octanol–water partition coefficient (Wildman–Crippen LogP) is 1.60. The molecule has 3 rings (SSSR count). The second-order valence-electron chi connectivity index (χ2n) is 5.24. The Bertz CT molecular complexity index is 690. The summed E-state index contributed by atoms with van der Waals surface area (Å²) in [4.78, 5) is 0. The SMILES string of the molecule is C[C@H](NCc1nnnn1-c1ccccc1)[C@@H](C)n1cccn1. The zero-order valence-electron chi connectivity index (χ0n) is 12.7. The van der Waals surface area contributed by atoms with Gasteiger partial charge in [-0.05, 0) is 42.5 Å². The molecule has 0 aliphatic rings. The first kappa shape index (κ1) is 14.4. The summed E-state index contributed by atoms with van der Waals surface area (Å²) in [7, 11) is 0. The zero-order valence-corrected chi connectivity index (χ0v) is 12.7. The zero-order chi connectivity index (χ0) is 15.4. The van der Waals surface area contributed by atoms with Crippen molar-refractivity contribution in [2.75, 3.05) is 0 Å². The highest BCUT2D eigenvalue weighted by Gasteiger charge is 2.15. The van der Waals surface area contributed by atoms with Crippen molar-refractivity contribution in [2.45, 2.75) is 32.5 Å². The summed E-state index contributed by atoms with van der Waals surface area (Å²) >= 11 is 0. The average molecular weight is 297 g/mol. The van der Waals surface area contributed by atoms with E-state index in [1.165, 1.54) is 0 Å². The molecule has 2 aromatic heterocycles. The van der Waals surface area contributed by atoms with E-state index < -0.39 is 0 Å². The minimum atomic E-state index is 0.237. The van der Waals surface area contributed by atoms with E-state index in [4.69, 9.17) is 0 Å². The van der Waals surface area contributed by atoms with E-state index in [1.807, 2.05) is 47.3 Å². The van der Waals surface area contributed by atoms with Crippen LogP contribution in [0.2, 0.25) is 0 Å². The maximum absolute atomic E-state index is 4.28. The highest BCUT2D eigenvalue weighted by molar-refractivity contribution is 5.30. The van der Waals surface area contributed by atoms with Gasteiger partial charge < -0.3 is 5.32 Å². The molecule has 1 N–H and O–H groups in total. The molecule has 0 bridgehead atoms. The first-order valence-corrected chi connectivity index (χ1v) is 7.31. The van der Waals surface area contributed by atoms with Crippen molar-refractivity contribution in [3.05, 3.63) is 54.6 Å². The maximum atomic E-state index is 4.28. The Morgan fingerprint density at radius 1 is 1.14 bits per heavy atom. The van der Waals surface area contributed by atoms with Gasteiger partial charge in [0.15, 0.2) is 5.82 Å². The van der Waals surface area contributed by atoms with Gasteiger partial charge in [0.2, 0.25) is 0 Å². The van der Waals surface area contributed by atoms with Gasteiger partial charge in [0.05, 0.1) is 18.3 Å². The lowest BCUT2D eigenvalue weighted by molar-refractivity contribution is 0.361. The van der Waals surface area contributed by atoms with Crippen LogP contribution in [0.4, 0.5) is 0 Å². The molecule has 7 heteroatoms. The van der Waals surface area contributed by atoms with E-state index in [1.54, 1.807) is 10.9 Å². The number of nitrogens with zero attached hydrogens (tertiary/aromatic N) is 6. The van der Waals surface area contributed by atoms with Crippen LogP contribution in [0.15, 0.2) is 48.8 Å². The molecule has 0 fully saturated rings. The topological polar surface area (TPSA) is 73.5 Å². The van der Waals surface area contributed by atoms with Crippen molar-refractivity contribution < 1.29 is 0 Å². The first-order chi connectivity index (χ1) is 10.8. The van der Waals surface area contributed by atoms with Gasteiger partial charge in [-0.25, -0.2) is 0 Å². The van der Waals surface area contributed by atoms with Crippen LogP contribution >= 0.6 is 0 Å². The lowest BCUT2D eigenvalue weighted by Crippen LogP contribution is -2.34. The van der Waals surface area contributed by atoms with E-state index >= 15 is 0 Å². The van der Waals surface area contributed by atoms with Gasteiger partial charge in [-0.3, -0.25) is 4.68 Å². The Labute approximate surface area is 129 Å². The summed E-state index contributed by atoms with van der Waals surface area (Å²) in [6.45, 7) is 4.85. The fourth-order valence-electron chi connectivity index (χ4n) is 2.26. The molecule has 7 nitrogen and oxygen atoms in total. The quantitative estimate of drug-likeness (QED) is 0.748. The van der Waals surface area contributed by atoms with Crippen molar-refractivity contribution in [3.8, 4) is 5.69 Å². The van der Waals surface area contributed by atoms with Crippen molar-refractivity contribution in [1.82, 2.24) is 35.3 Å². The third kappa shape index (κ3) is 3.04. The highest BCUT2D eigenvalue weighted by atomic mass is 15.5. The number of rotatable bonds is 6. The van der Waals surface area contributed by atoms with Crippen LogP contribution < -0.4 is 5.32 Å². The molecular weight excluding hydrogens is 278 g/mol. The Morgan fingerprint density at radius 2 is 1.95 bits per heavy atom. The number of hydrogen-bond donors (Lipinski definition) is 1. The molecule has 1 aromatic carbocycles. The standard InChI is InChI=1S/C15H19N7/c1-12(13(2)21-10-6-9-17-21)16-11-15-18-19-20-22(15)14-7-4-3-5-8-14/h3-10,12-13,16H,11H2,1-2H3/t12-,13+/m0/s1. The van der Waals surface area contributed by atoms with E-state index in [0.29, 0.717) is 6.54 Å². The smallest absolute Gasteiger partial charge is 0.170 e. The fourth-order valence-corrected chi connectivity index (χ4v) is 2.26. The Kier molecular flexibility index (Phi) is 4.24. The maximum Gasteiger partial charge on any atom is 0.170 e. The van der Waals surface area contributed by atoms with Gasteiger partial charge in [-0.1, -0.05) is 18.2 Å². The third-order valence-electron chi connectivity index (χ3n) is 3.78. The number of tetrazole rings is 1. The summed E-state index contributed by atoms with van der Waals surface area (Å²) in [5, 5.41) is 19.7. The van der Waals surface area contributed by atoms with Gasteiger partial charge in [0, 0.05) is 18.4 Å². The Balaban J connectivity index is 1.66. The summed E-state index contributed by atoms with van der Waals surface area (Å²) in [5.41, 5.74) is 0.956. The van der Waals surface area contributed by atoms with Crippen LogP contribution in [-0.2, 0) is 6.54 Å². The van der Waals surface area contributed by atoms with Gasteiger partial charge >= 0.3 is 0 Å². The van der Waals surface area contributed by atoms with Crippen molar-refractivity contribution >= 4 is 0 Å². The number of aromatic nitrogens is 6. The molecule has 0 saturated carbocycles. The second-order valence-corrected chi connectivity index (χ2v) is 5.24. The van der Waals surface area contributed by atoms with E-state index in [9.17, 15) is 0 Å². The summed E-state index contributed by atoms with van der Waals surface area (Å²) in [5.74, 6) is 0.783. The molecule has 2 heterocycles. The molecule has 0 aliphatic carbocycles. The lowest BCUT2D eigenvalue weighted by atomic mass is 10.2. The fraction of sp³-hybridized carbons (Fsp3) is 0.333. The number of para-hydroxylation sites is 1. The van der Waals surface area contributed by atoms with Crippen LogP contribution in [0.1, 0.15) is 25.7 Å². The third-order valence-corrected chi connectivity index (χ3v) is 3.78. The molecular formula is C15H19N7. The molecule has 114 valence electrons. The Hall–Kier alpha value is -2.54. The van der Waals surface area contributed by atoms with E-state index in [-0.39, 0.29) is 12.1 Å². The van der Waals surface area contributed by atoms with Crippen LogP contribution in [0.25, 0.3) is 5.69 Å². The van der Waals surface area contributed by atoms with Gasteiger partial charge in [0.1, 0.15) is 0 Å². The number of hydrogen-bond acceptors (Lipinski definition) is 5. The van der Waals surface area contributed by atoms with Gasteiger partial charge in [-0.2, -0.15) is 9.78 Å². The minimum absolute atomic E-state index is 0.237. The van der Waals surface area contributed by atoms with Crippen molar-refractivity contribution in [3.63, 3.8) is 0 Å². The molecule has 0 amide bonds. The van der Waals surface area contributed by atoms with Crippen LogP contribution in [0.5, 0.6) is 0 Å².